The van der Waals surface area contributed by atoms with Gasteiger partial charge >= 0.3 is 0 Å². The van der Waals surface area contributed by atoms with E-state index in [1.165, 1.54) is 6.07 Å². The van der Waals surface area contributed by atoms with Gasteiger partial charge in [0.15, 0.2) is 11.6 Å². The highest BCUT2D eigenvalue weighted by molar-refractivity contribution is 6.06. The SMILES string of the molecule is Cc1noc2nc(C3CC3)cc(C(=O)N(C)CCOc3ccccc3F)c12. The minimum absolute atomic E-state index is 0.160. The maximum absolute atomic E-state index is 13.6. The Balaban J connectivity index is 1.51. The molecule has 1 aliphatic carbocycles. The third-order valence-electron chi connectivity index (χ3n) is 4.73. The summed E-state index contributed by atoms with van der Waals surface area (Å²) in [7, 11) is 1.69. The van der Waals surface area contributed by atoms with Gasteiger partial charge < -0.3 is 14.2 Å². The van der Waals surface area contributed by atoms with Crippen molar-refractivity contribution in [3.63, 3.8) is 0 Å². The molecule has 2 aromatic heterocycles. The van der Waals surface area contributed by atoms with Gasteiger partial charge in [-0.3, -0.25) is 4.79 Å². The standard InChI is InChI=1S/C20H20FN3O3/c1-12-18-14(11-16(13-7-8-13)22-19(18)27-23-12)20(25)24(2)9-10-26-17-6-4-3-5-15(17)21/h3-6,11,13H,7-10H2,1-2H3. The number of aromatic nitrogens is 2. The maximum atomic E-state index is 13.6. The van der Waals surface area contributed by atoms with Crippen LogP contribution in [0.2, 0.25) is 0 Å². The van der Waals surface area contributed by atoms with Crippen LogP contribution in [0.15, 0.2) is 34.9 Å². The molecule has 1 amide bonds. The summed E-state index contributed by atoms with van der Waals surface area (Å²) >= 11 is 0. The summed E-state index contributed by atoms with van der Waals surface area (Å²) in [6, 6.07) is 8.05. The highest BCUT2D eigenvalue weighted by Gasteiger charge is 2.29. The van der Waals surface area contributed by atoms with E-state index in [9.17, 15) is 9.18 Å². The van der Waals surface area contributed by atoms with Crippen molar-refractivity contribution in [1.82, 2.24) is 15.0 Å². The van der Waals surface area contributed by atoms with E-state index in [0.29, 0.717) is 34.8 Å². The fourth-order valence-electron chi connectivity index (χ4n) is 3.03. The van der Waals surface area contributed by atoms with Crippen LogP contribution in [-0.4, -0.2) is 41.1 Å². The Labute approximate surface area is 155 Å². The second-order valence-corrected chi connectivity index (χ2v) is 6.82. The van der Waals surface area contributed by atoms with Gasteiger partial charge in [0.1, 0.15) is 6.61 Å². The van der Waals surface area contributed by atoms with Crippen LogP contribution in [0, 0.1) is 12.7 Å². The molecule has 0 atom stereocenters. The van der Waals surface area contributed by atoms with Crippen LogP contribution in [0.4, 0.5) is 4.39 Å². The van der Waals surface area contributed by atoms with Crippen molar-refractivity contribution in [3.05, 3.63) is 53.1 Å². The molecule has 1 aliphatic rings. The van der Waals surface area contributed by atoms with Crippen molar-refractivity contribution in [2.45, 2.75) is 25.7 Å². The number of fused-ring (bicyclic) bond motifs is 1. The molecule has 0 saturated heterocycles. The lowest BCUT2D eigenvalue weighted by Gasteiger charge is -2.18. The van der Waals surface area contributed by atoms with E-state index in [0.717, 1.165) is 18.5 Å². The normalized spacial score (nSPS) is 13.7. The molecule has 27 heavy (non-hydrogen) atoms. The van der Waals surface area contributed by atoms with Crippen molar-refractivity contribution in [2.75, 3.05) is 20.2 Å². The lowest BCUT2D eigenvalue weighted by Crippen LogP contribution is -2.31. The highest BCUT2D eigenvalue weighted by atomic mass is 19.1. The monoisotopic (exact) mass is 369 g/mol. The van der Waals surface area contributed by atoms with Crippen LogP contribution in [0.25, 0.3) is 11.1 Å². The van der Waals surface area contributed by atoms with E-state index in [-0.39, 0.29) is 18.3 Å². The quantitative estimate of drug-likeness (QED) is 0.663. The number of ether oxygens (including phenoxy) is 1. The molecule has 1 aromatic carbocycles. The summed E-state index contributed by atoms with van der Waals surface area (Å²) < 4.78 is 24.4. The fraction of sp³-hybridized carbons (Fsp3) is 0.350. The summed E-state index contributed by atoms with van der Waals surface area (Å²) in [6.07, 6.45) is 2.15. The van der Waals surface area contributed by atoms with E-state index in [1.807, 2.05) is 6.07 Å². The number of aryl methyl sites for hydroxylation is 1. The summed E-state index contributed by atoms with van der Waals surface area (Å²) in [5.74, 6) is -0.0131. The zero-order chi connectivity index (χ0) is 19.0. The zero-order valence-corrected chi connectivity index (χ0v) is 15.2. The van der Waals surface area contributed by atoms with Crippen molar-refractivity contribution in [2.24, 2.45) is 0 Å². The predicted octanol–water partition coefficient (Wildman–Crippen LogP) is 3.70. The molecule has 0 radical (unpaired) electrons. The molecule has 7 heteroatoms. The van der Waals surface area contributed by atoms with Gasteiger partial charge in [-0.1, -0.05) is 17.3 Å². The molecule has 3 aromatic rings. The minimum Gasteiger partial charge on any atom is -0.489 e. The van der Waals surface area contributed by atoms with Gasteiger partial charge in [-0.15, -0.1) is 0 Å². The summed E-state index contributed by atoms with van der Waals surface area (Å²) in [5.41, 5.74) is 2.45. The number of nitrogens with zero attached hydrogens (tertiary/aromatic N) is 3. The summed E-state index contributed by atoms with van der Waals surface area (Å²) in [6.45, 7) is 2.30. The molecule has 4 rings (SSSR count). The number of carbonyl (C=O) groups is 1. The number of carbonyl (C=O) groups excluding carboxylic acids is 1. The van der Waals surface area contributed by atoms with Crippen molar-refractivity contribution < 1.29 is 18.4 Å². The molecule has 1 fully saturated rings. The molecular formula is C20H20FN3O3. The Bertz CT molecular complexity index is 997. The van der Waals surface area contributed by atoms with Gasteiger partial charge in [-0.25, -0.2) is 9.37 Å². The first-order valence-corrected chi connectivity index (χ1v) is 8.94. The van der Waals surface area contributed by atoms with Crippen LogP contribution in [-0.2, 0) is 0 Å². The Hall–Kier alpha value is -2.96. The lowest BCUT2D eigenvalue weighted by atomic mass is 10.1. The highest BCUT2D eigenvalue weighted by Crippen LogP contribution is 2.40. The largest absolute Gasteiger partial charge is 0.489 e. The molecule has 2 heterocycles. The van der Waals surface area contributed by atoms with Crippen LogP contribution in [0.3, 0.4) is 0 Å². The lowest BCUT2D eigenvalue weighted by molar-refractivity contribution is 0.0774. The number of halogens is 1. The van der Waals surface area contributed by atoms with E-state index in [1.54, 1.807) is 37.1 Å². The Morgan fingerprint density at radius 2 is 2.15 bits per heavy atom. The first kappa shape index (κ1) is 17.5. The molecule has 140 valence electrons. The van der Waals surface area contributed by atoms with Gasteiger partial charge in [-0.2, -0.15) is 0 Å². The van der Waals surface area contributed by atoms with Crippen molar-refractivity contribution in [3.8, 4) is 5.75 Å². The third kappa shape index (κ3) is 3.49. The third-order valence-corrected chi connectivity index (χ3v) is 4.73. The second-order valence-electron chi connectivity index (χ2n) is 6.82. The minimum atomic E-state index is -0.420. The predicted molar refractivity (Wildman–Crippen MR) is 97.4 cm³/mol. The molecule has 0 aliphatic heterocycles. The Morgan fingerprint density at radius 3 is 2.89 bits per heavy atom. The average molecular weight is 369 g/mol. The molecule has 0 N–H and O–H groups in total. The van der Waals surface area contributed by atoms with E-state index >= 15 is 0 Å². The van der Waals surface area contributed by atoms with Crippen LogP contribution in [0.1, 0.15) is 40.5 Å². The van der Waals surface area contributed by atoms with Crippen LogP contribution >= 0.6 is 0 Å². The molecular weight excluding hydrogens is 349 g/mol. The van der Waals surface area contributed by atoms with Gasteiger partial charge in [0.25, 0.3) is 11.6 Å². The number of pyridine rings is 1. The molecule has 0 unspecified atom stereocenters. The number of para-hydroxylation sites is 1. The second kappa shape index (κ2) is 6.98. The molecule has 6 nitrogen and oxygen atoms in total. The zero-order valence-electron chi connectivity index (χ0n) is 15.2. The number of amides is 1. The summed E-state index contributed by atoms with van der Waals surface area (Å²) in [4.78, 5) is 19.1. The van der Waals surface area contributed by atoms with Gasteiger partial charge in [0, 0.05) is 18.7 Å². The number of benzene rings is 1. The van der Waals surface area contributed by atoms with E-state index in [4.69, 9.17) is 9.26 Å². The average Bonchev–Trinajstić information content (AvgIpc) is 3.45. The number of hydrogen-bond acceptors (Lipinski definition) is 5. The number of rotatable bonds is 6. The van der Waals surface area contributed by atoms with Gasteiger partial charge in [0.05, 0.1) is 23.2 Å². The van der Waals surface area contributed by atoms with E-state index < -0.39 is 5.82 Å². The smallest absolute Gasteiger partial charge is 0.259 e. The van der Waals surface area contributed by atoms with Crippen molar-refractivity contribution >= 4 is 17.0 Å². The molecule has 1 saturated carbocycles. The van der Waals surface area contributed by atoms with Crippen LogP contribution in [0.5, 0.6) is 5.75 Å². The van der Waals surface area contributed by atoms with E-state index in [2.05, 4.69) is 10.1 Å². The van der Waals surface area contributed by atoms with Gasteiger partial charge in [-0.05, 0) is 38.0 Å². The molecule has 0 bridgehead atoms. The van der Waals surface area contributed by atoms with Crippen LogP contribution < -0.4 is 4.74 Å². The fourth-order valence-corrected chi connectivity index (χ4v) is 3.03. The topological polar surface area (TPSA) is 68.5 Å². The maximum Gasteiger partial charge on any atom is 0.259 e. The summed E-state index contributed by atoms with van der Waals surface area (Å²) in [5, 5.41) is 4.60. The number of likely N-dealkylation sites (N-methyl/N-ethyl adjacent to an activating group) is 1. The van der Waals surface area contributed by atoms with Crippen molar-refractivity contribution in [1.29, 1.82) is 0 Å². The first-order valence-electron chi connectivity index (χ1n) is 8.94. The van der Waals surface area contributed by atoms with Gasteiger partial charge in [0.2, 0.25) is 0 Å². The Morgan fingerprint density at radius 1 is 1.37 bits per heavy atom. The first-order chi connectivity index (χ1) is 13.0. The Kier molecular flexibility index (Phi) is 4.51. The molecule has 0 spiro atoms. The number of hydrogen-bond donors (Lipinski definition) is 0.